The zero-order valence-electron chi connectivity index (χ0n) is 18.7. The second kappa shape index (κ2) is 13.4. The molecule has 0 heterocycles. The van der Waals surface area contributed by atoms with Crippen molar-refractivity contribution >= 4 is 5.69 Å². The molecule has 3 nitrogen and oxygen atoms in total. The fourth-order valence-corrected chi connectivity index (χ4v) is 3.48. The van der Waals surface area contributed by atoms with Gasteiger partial charge in [0.1, 0.15) is 11.5 Å². The summed E-state index contributed by atoms with van der Waals surface area (Å²) in [6.07, 6.45) is 7.19. The molecule has 3 aromatic rings. The van der Waals surface area contributed by atoms with Crippen LogP contribution in [0, 0.1) is 0 Å². The van der Waals surface area contributed by atoms with E-state index < -0.39 is 0 Å². The lowest BCUT2D eigenvalue weighted by Gasteiger charge is -2.13. The van der Waals surface area contributed by atoms with E-state index in [2.05, 4.69) is 60.8 Å². The highest BCUT2D eigenvalue weighted by Gasteiger charge is 2.04. The van der Waals surface area contributed by atoms with Gasteiger partial charge in [0.25, 0.3) is 0 Å². The van der Waals surface area contributed by atoms with E-state index >= 15 is 0 Å². The fourth-order valence-electron chi connectivity index (χ4n) is 3.48. The van der Waals surface area contributed by atoms with Crippen LogP contribution >= 0.6 is 0 Å². The summed E-state index contributed by atoms with van der Waals surface area (Å²) in [5.74, 6) is 1.87. The molecule has 0 saturated heterocycles. The van der Waals surface area contributed by atoms with Crippen molar-refractivity contribution in [3.05, 3.63) is 90.0 Å². The van der Waals surface area contributed by atoms with Gasteiger partial charge in [-0.3, -0.25) is 0 Å². The average Bonchev–Trinajstić information content (AvgIpc) is 2.82. The van der Waals surface area contributed by atoms with Crippen molar-refractivity contribution in [1.82, 2.24) is 0 Å². The second-order valence-corrected chi connectivity index (χ2v) is 7.83. The average molecular weight is 418 g/mol. The van der Waals surface area contributed by atoms with E-state index in [0.29, 0.717) is 6.61 Å². The Labute approximate surface area is 187 Å². The van der Waals surface area contributed by atoms with Crippen molar-refractivity contribution in [3.8, 4) is 11.5 Å². The molecule has 0 aliphatic carbocycles. The molecule has 0 saturated carbocycles. The third-order valence-electron chi connectivity index (χ3n) is 5.32. The summed E-state index contributed by atoms with van der Waals surface area (Å²) in [5, 5.41) is 3.49. The monoisotopic (exact) mass is 417 g/mol. The van der Waals surface area contributed by atoms with Crippen molar-refractivity contribution in [2.75, 3.05) is 18.5 Å². The summed E-state index contributed by atoms with van der Waals surface area (Å²) >= 11 is 0. The molecule has 164 valence electrons. The lowest BCUT2D eigenvalue weighted by Crippen LogP contribution is -2.06. The predicted octanol–water partition coefficient (Wildman–Crippen LogP) is 7.27. The first-order valence-electron chi connectivity index (χ1n) is 11.6. The molecule has 0 atom stereocenters. The number of para-hydroxylation sites is 1. The van der Waals surface area contributed by atoms with E-state index in [4.69, 9.17) is 9.47 Å². The molecule has 0 bridgehead atoms. The van der Waals surface area contributed by atoms with E-state index in [1.165, 1.54) is 31.2 Å². The molecule has 0 aliphatic rings. The fraction of sp³-hybridized carbons (Fsp3) is 0.357. The second-order valence-electron chi connectivity index (χ2n) is 7.83. The maximum Gasteiger partial charge on any atom is 0.124 e. The maximum absolute atomic E-state index is 6.07. The van der Waals surface area contributed by atoms with Crippen LogP contribution in [0.2, 0.25) is 0 Å². The molecule has 0 spiro atoms. The normalized spacial score (nSPS) is 10.6. The Morgan fingerprint density at radius 3 is 2.23 bits per heavy atom. The van der Waals surface area contributed by atoms with Crippen LogP contribution in [-0.4, -0.2) is 13.2 Å². The van der Waals surface area contributed by atoms with Gasteiger partial charge in [0, 0.05) is 24.2 Å². The van der Waals surface area contributed by atoms with Crippen LogP contribution < -0.4 is 14.8 Å². The zero-order valence-corrected chi connectivity index (χ0v) is 18.7. The number of ether oxygens (including phenoxy) is 2. The van der Waals surface area contributed by atoms with Gasteiger partial charge in [-0.1, -0.05) is 81.1 Å². The van der Waals surface area contributed by atoms with Gasteiger partial charge in [-0.05, 0) is 42.3 Å². The van der Waals surface area contributed by atoms with Crippen LogP contribution in [0.3, 0.4) is 0 Å². The van der Waals surface area contributed by atoms with Crippen molar-refractivity contribution < 1.29 is 9.47 Å². The lowest BCUT2D eigenvalue weighted by atomic mass is 10.1. The van der Waals surface area contributed by atoms with Crippen molar-refractivity contribution in [1.29, 1.82) is 0 Å². The molecule has 0 aromatic heterocycles. The van der Waals surface area contributed by atoms with Gasteiger partial charge >= 0.3 is 0 Å². The first-order chi connectivity index (χ1) is 15.3. The van der Waals surface area contributed by atoms with Gasteiger partial charge in [-0.15, -0.1) is 0 Å². The molecule has 31 heavy (non-hydrogen) atoms. The molecule has 3 rings (SSSR count). The molecule has 1 N–H and O–H groups in total. The first-order valence-corrected chi connectivity index (χ1v) is 11.6. The topological polar surface area (TPSA) is 30.5 Å². The first kappa shape index (κ1) is 22.7. The molecule has 3 heteroatoms. The highest BCUT2D eigenvalue weighted by atomic mass is 16.5. The SMILES string of the molecule is CCCCCCCOc1ccc(NCc2ccccc2OCCc2ccccc2)cc1. The molecular weight excluding hydrogens is 382 g/mol. The van der Waals surface area contributed by atoms with Crippen LogP contribution in [0.15, 0.2) is 78.9 Å². The minimum atomic E-state index is 0.672. The van der Waals surface area contributed by atoms with Gasteiger partial charge in [-0.25, -0.2) is 0 Å². The lowest BCUT2D eigenvalue weighted by molar-refractivity contribution is 0.304. The Balaban J connectivity index is 1.42. The van der Waals surface area contributed by atoms with Crippen molar-refractivity contribution in [2.24, 2.45) is 0 Å². The maximum atomic E-state index is 6.07. The number of hydrogen-bond donors (Lipinski definition) is 1. The van der Waals surface area contributed by atoms with E-state index in [1.54, 1.807) is 0 Å². The van der Waals surface area contributed by atoms with Crippen LogP contribution in [0.5, 0.6) is 11.5 Å². The minimum absolute atomic E-state index is 0.672. The number of anilines is 1. The van der Waals surface area contributed by atoms with E-state index in [0.717, 1.165) is 48.7 Å². The molecule has 0 unspecified atom stereocenters. The van der Waals surface area contributed by atoms with Crippen LogP contribution in [0.4, 0.5) is 5.69 Å². The third kappa shape index (κ3) is 8.37. The van der Waals surface area contributed by atoms with Crippen LogP contribution in [-0.2, 0) is 13.0 Å². The van der Waals surface area contributed by atoms with Gasteiger partial charge in [0.15, 0.2) is 0 Å². The third-order valence-corrected chi connectivity index (χ3v) is 5.32. The Morgan fingerprint density at radius 1 is 0.677 bits per heavy atom. The highest BCUT2D eigenvalue weighted by Crippen LogP contribution is 2.21. The number of rotatable bonds is 14. The number of unbranched alkanes of at least 4 members (excludes halogenated alkanes) is 4. The summed E-state index contributed by atoms with van der Waals surface area (Å²) in [6, 6.07) is 26.9. The summed E-state index contributed by atoms with van der Waals surface area (Å²) in [7, 11) is 0. The number of benzene rings is 3. The standard InChI is InChI=1S/C28H35NO2/c1-2-3-4-5-11-21-30-27-18-16-26(17-19-27)29-23-25-14-9-10-15-28(25)31-22-20-24-12-7-6-8-13-24/h6-10,12-19,29H,2-5,11,20-23H2,1H3. The van der Waals surface area contributed by atoms with E-state index in [1.807, 2.05) is 30.3 Å². The number of hydrogen-bond acceptors (Lipinski definition) is 3. The smallest absolute Gasteiger partial charge is 0.124 e. The highest BCUT2D eigenvalue weighted by molar-refractivity contribution is 5.48. The van der Waals surface area contributed by atoms with Gasteiger partial charge in [0.05, 0.1) is 13.2 Å². The van der Waals surface area contributed by atoms with E-state index in [-0.39, 0.29) is 0 Å². The Hall–Kier alpha value is -2.94. The van der Waals surface area contributed by atoms with Crippen LogP contribution in [0.25, 0.3) is 0 Å². The molecule has 0 aliphatic heterocycles. The predicted molar refractivity (Wildman–Crippen MR) is 130 cm³/mol. The minimum Gasteiger partial charge on any atom is -0.494 e. The van der Waals surface area contributed by atoms with Crippen molar-refractivity contribution in [3.63, 3.8) is 0 Å². The molecule has 0 amide bonds. The molecular formula is C28H35NO2. The molecule has 3 aromatic carbocycles. The Bertz CT molecular complexity index is 862. The summed E-state index contributed by atoms with van der Waals surface area (Å²) in [5.41, 5.74) is 3.53. The number of nitrogens with one attached hydrogen (secondary N) is 1. The Morgan fingerprint density at radius 2 is 1.42 bits per heavy atom. The zero-order chi connectivity index (χ0) is 21.6. The summed E-state index contributed by atoms with van der Waals surface area (Å²) in [6.45, 7) is 4.43. The summed E-state index contributed by atoms with van der Waals surface area (Å²) in [4.78, 5) is 0. The van der Waals surface area contributed by atoms with Gasteiger partial charge in [0.2, 0.25) is 0 Å². The largest absolute Gasteiger partial charge is 0.494 e. The molecule has 0 radical (unpaired) electrons. The van der Waals surface area contributed by atoms with Gasteiger partial charge in [-0.2, -0.15) is 0 Å². The van der Waals surface area contributed by atoms with Crippen LogP contribution in [0.1, 0.15) is 50.2 Å². The van der Waals surface area contributed by atoms with Gasteiger partial charge < -0.3 is 14.8 Å². The summed E-state index contributed by atoms with van der Waals surface area (Å²) < 4.78 is 11.9. The van der Waals surface area contributed by atoms with Crippen molar-refractivity contribution in [2.45, 2.75) is 52.0 Å². The molecule has 0 fully saturated rings. The quantitative estimate of drug-likeness (QED) is 0.280. The Kier molecular flexibility index (Phi) is 9.81. The van der Waals surface area contributed by atoms with E-state index in [9.17, 15) is 0 Å².